The number of carbonyl (C=O) groups is 2. The first-order valence-electron chi connectivity index (χ1n) is 7.60. The normalized spacial score (nSPS) is 12.0. The van der Waals surface area contributed by atoms with Crippen LogP contribution in [0.3, 0.4) is 0 Å². The molecule has 0 aliphatic heterocycles. The number of nitrogens with one attached hydrogen (secondary N) is 1. The Hall–Kier alpha value is -2.72. The largest absolute Gasteiger partial charge is 0.321 e. The molecule has 2 rings (SSSR count). The lowest BCUT2D eigenvalue weighted by Crippen LogP contribution is -2.15. The average Bonchev–Trinajstić information content (AvgIpc) is 2.57. The van der Waals surface area contributed by atoms with Gasteiger partial charge in [0, 0.05) is 11.1 Å². The summed E-state index contributed by atoms with van der Waals surface area (Å²) in [5.41, 5.74) is 1.32. The highest BCUT2D eigenvalue weighted by molar-refractivity contribution is 6.34. The van der Waals surface area contributed by atoms with Crippen molar-refractivity contribution in [1.82, 2.24) is 0 Å². The number of amides is 1. The maximum atomic E-state index is 14.1. The monoisotopic (exact) mass is 357 g/mol. The third-order valence-electron chi connectivity index (χ3n) is 3.53. The zero-order chi connectivity index (χ0) is 18.4. The number of hydrogen-bond donors (Lipinski definition) is 1. The van der Waals surface area contributed by atoms with Crippen LogP contribution in [0.1, 0.15) is 19.4 Å². The molecule has 0 atom stereocenters. The van der Waals surface area contributed by atoms with Gasteiger partial charge in [0.05, 0.1) is 10.7 Å². The van der Waals surface area contributed by atoms with Crippen molar-refractivity contribution in [2.24, 2.45) is 0 Å². The number of benzene rings is 2. The molecule has 1 N–H and O–H groups in total. The van der Waals surface area contributed by atoms with Crippen LogP contribution in [0.5, 0.6) is 0 Å². The van der Waals surface area contributed by atoms with Crippen molar-refractivity contribution >= 4 is 34.6 Å². The predicted octanol–water partition coefficient (Wildman–Crippen LogP) is 5.04. The van der Waals surface area contributed by atoms with Gasteiger partial charge in [-0.3, -0.25) is 9.59 Å². The number of hydrogen-bond acceptors (Lipinski definition) is 2. The van der Waals surface area contributed by atoms with Crippen molar-refractivity contribution in [1.29, 1.82) is 0 Å². The van der Waals surface area contributed by atoms with Gasteiger partial charge in [-0.25, -0.2) is 4.39 Å². The van der Waals surface area contributed by atoms with E-state index in [1.54, 1.807) is 49.4 Å². The fraction of sp³-hybridized carbons (Fsp3) is 0.100. The highest BCUT2D eigenvalue weighted by Crippen LogP contribution is 2.25. The molecule has 128 valence electrons. The van der Waals surface area contributed by atoms with Crippen LogP contribution >= 0.6 is 11.6 Å². The van der Waals surface area contributed by atoms with Gasteiger partial charge < -0.3 is 5.32 Å². The summed E-state index contributed by atoms with van der Waals surface area (Å²) in [7, 11) is 0. The van der Waals surface area contributed by atoms with Gasteiger partial charge >= 0.3 is 0 Å². The minimum absolute atomic E-state index is 0.181. The van der Waals surface area contributed by atoms with E-state index in [0.29, 0.717) is 21.8 Å². The van der Waals surface area contributed by atoms with Crippen LogP contribution in [0.25, 0.3) is 5.57 Å². The van der Waals surface area contributed by atoms with Crippen molar-refractivity contribution in [2.75, 3.05) is 5.32 Å². The topological polar surface area (TPSA) is 46.2 Å². The summed E-state index contributed by atoms with van der Waals surface area (Å²) in [4.78, 5) is 24.0. The maximum Gasteiger partial charge on any atom is 0.255 e. The van der Waals surface area contributed by atoms with E-state index in [1.165, 1.54) is 25.1 Å². The predicted molar refractivity (Wildman–Crippen MR) is 98.9 cm³/mol. The van der Waals surface area contributed by atoms with Crippen molar-refractivity contribution in [2.45, 2.75) is 13.8 Å². The number of ketones is 1. The van der Waals surface area contributed by atoms with E-state index < -0.39 is 11.7 Å². The molecular weight excluding hydrogens is 341 g/mol. The minimum Gasteiger partial charge on any atom is -0.321 e. The molecule has 1 amide bonds. The second-order valence-electron chi connectivity index (χ2n) is 5.40. The number of allylic oxidation sites excluding steroid dienone is 2. The first-order valence-corrected chi connectivity index (χ1v) is 7.98. The van der Waals surface area contributed by atoms with Crippen LogP contribution in [-0.4, -0.2) is 11.7 Å². The number of anilines is 1. The van der Waals surface area contributed by atoms with Gasteiger partial charge in [-0.1, -0.05) is 41.9 Å². The molecule has 0 fully saturated rings. The second-order valence-corrected chi connectivity index (χ2v) is 5.80. The third-order valence-corrected chi connectivity index (χ3v) is 3.86. The average molecular weight is 358 g/mol. The van der Waals surface area contributed by atoms with Crippen LogP contribution in [0.4, 0.5) is 10.1 Å². The molecule has 0 heterocycles. The molecule has 0 unspecified atom stereocenters. The summed E-state index contributed by atoms with van der Waals surface area (Å²) < 4.78 is 14.1. The Kier molecular flexibility index (Phi) is 6.25. The number of para-hydroxylation sites is 1. The fourth-order valence-electron chi connectivity index (χ4n) is 2.23. The van der Waals surface area contributed by atoms with E-state index >= 15 is 0 Å². The van der Waals surface area contributed by atoms with Gasteiger partial charge in [-0.05, 0) is 49.8 Å². The standard InChI is InChI=1S/C20H17ClFNO2/c1-13(24)11-12-16(14(2)15-7-3-5-9-18(15)22)20(25)23-19-10-6-4-8-17(19)21/h3-12H,1-2H3,(H,23,25)/b12-11-,16-14-. The molecule has 0 bridgehead atoms. The molecule has 0 radical (unpaired) electrons. The van der Waals surface area contributed by atoms with Crippen LogP contribution in [0.15, 0.2) is 66.3 Å². The Morgan fingerprint density at radius 3 is 2.28 bits per heavy atom. The van der Waals surface area contributed by atoms with Crippen molar-refractivity contribution in [3.63, 3.8) is 0 Å². The van der Waals surface area contributed by atoms with E-state index in [1.807, 2.05) is 0 Å². The van der Waals surface area contributed by atoms with E-state index in [2.05, 4.69) is 5.32 Å². The van der Waals surface area contributed by atoms with Gasteiger partial charge in [-0.2, -0.15) is 0 Å². The van der Waals surface area contributed by atoms with Crippen molar-refractivity contribution in [3.05, 3.63) is 82.7 Å². The van der Waals surface area contributed by atoms with Crippen LogP contribution in [0.2, 0.25) is 5.02 Å². The van der Waals surface area contributed by atoms with Gasteiger partial charge in [0.25, 0.3) is 5.91 Å². The molecule has 0 saturated heterocycles. The molecule has 3 nitrogen and oxygen atoms in total. The van der Waals surface area contributed by atoms with Crippen LogP contribution in [-0.2, 0) is 9.59 Å². The maximum absolute atomic E-state index is 14.1. The lowest BCUT2D eigenvalue weighted by atomic mass is 9.99. The van der Waals surface area contributed by atoms with Gasteiger partial charge in [0.2, 0.25) is 0 Å². The Morgan fingerprint density at radius 2 is 1.64 bits per heavy atom. The van der Waals surface area contributed by atoms with Gasteiger partial charge in [-0.15, -0.1) is 0 Å². The van der Waals surface area contributed by atoms with E-state index in [9.17, 15) is 14.0 Å². The molecule has 0 saturated carbocycles. The van der Waals surface area contributed by atoms with Crippen molar-refractivity contribution in [3.8, 4) is 0 Å². The molecule has 0 aromatic heterocycles. The summed E-state index contributed by atoms with van der Waals surface area (Å²) in [5.74, 6) is -1.14. The number of rotatable bonds is 5. The molecule has 0 aliphatic rings. The highest BCUT2D eigenvalue weighted by Gasteiger charge is 2.15. The highest BCUT2D eigenvalue weighted by atomic mass is 35.5. The summed E-state index contributed by atoms with van der Waals surface area (Å²) in [6.07, 6.45) is 2.65. The zero-order valence-electron chi connectivity index (χ0n) is 13.8. The summed E-state index contributed by atoms with van der Waals surface area (Å²) >= 11 is 6.06. The quantitative estimate of drug-likeness (QED) is 0.602. The molecule has 5 heteroatoms. The Morgan fingerprint density at radius 1 is 1.00 bits per heavy atom. The lowest BCUT2D eigenvalue weighted by molar-refractivity contribution is -0.113. The smallest absolute Gasteiger partial charge is 0.255 e. The number of carbonyl (C=O) groups excluding carboxylic acids is 2. The summed E-state index contributed by atoms with van der Waals surface area (Å²) in [6, 6.07) is 12.9. The Bertz CT molecular complexity index is 872. The van der Waals surface area contributed by atoms with Crippen molar-refractivity contribution < 1.29 is 14.0 Å². The Balaban J connectivity index is 2.47. The first kappa shape index (κ1) is 18.6. The third kappa shape index (κ3) is 4.88. The molecular formula is C20H17ClFNO2. The van der Waals surface area contributed by atoms with Gasteiger partial charge in [0.15, 0.2) is 5.78 Å². The Labute approximate surface area is 150 Å². The molecule has 0 spiro atoms. The molecule has 25 heavy (non-hydrogen) atoms. The van der Waals surface area contributed by atoms with E-state index in [-0.39, 0.29) is 11.4 Å². The van der Waals surface area contributed by atoms with E-state index in [0.717, 1.165) is 0 Å². The molecule has 2 aromatic carbocycles. The van der Waals surface area contributed by atoms with Crippen LogP contribution in [0, 0.1) is 5.82 Å². The first-order chi connectivity index (χ1) is 11.9. The van der Waals surface area contributed by atoms with E-state index in [4.69, 9.17) is 11.6 Å². The number of halogens is 2. The van der Waals surface area contributed by atoms with Gasteiger partial charge in [0.1, 0.15) is 5.82 Å². The zero-order valence-corrected chi connectivity index (χ0v) is 14.6. The summed E-state index contributed by atoms with van der Waals surface area (Å²) in [6.45, 7) is 3.00. The minimum atomic E-state index is -0.480. The lowest BCUT2D eigenvalue weighted by Gasteiger charge is -2.12. The fourth-order valence-corrected chi connectivity index (χ4v) is 2.42. The van der Waals surface area contributed by atoms with Crippen LogP contribution < -0.4 is 5.32 Å². The SMILES string of the molecule is CC(=O)/C=C\C(C(=O)Nc1ccccc1Cl)=C(/C)c1ccccc1F. The summed E-state index contributed by atoms with van der Waals surface area (Å²) in [5, 5.41) is 3.07. The molecule has 2 aromatic rings. The second kappa shape index (κ2) is 8.40. The molecule has 0 aliphatic carbocycles.